The Bertz CT molecular complexity index is 784. The number of carbonyl (C=O) groups is 1. The summed E-state index contributed by atoms with van der Waals surface area (Å²) in [6.07, 6.45) is 1.50. The van der Waals surface area contributed by atoms with Crippen molar-refractivity contribution in [3.63, 3.8) is 0 Å². The van der Waals surface area contributed by atoms with E-state index in [9.17, 15) is 9.90 Å². The Morgan fingerprint density at radius 2 is 2.27 bits per heavy atom. The molecule has 0 amide bonds. The molecule has 1 unspecified atom stereocenters. The minimum Gasteiger partial charge on any atom is -0.506 e. The standard InChI is InChI=1S/C14H13ClN4O3/c1-7-10(13(21)22-2)12(17-14-18-16-6-19(7)14)8-4-3-5-9(20)11(8)15/h3-6,12,20H,1-2H3,(H,17,18). The molecule has 0 bridgehead atoms. The van der Waals surface area contributed by atoms with E-state index in [0.29, 0.717) is 22.8 Å². The summed E-state index contributed by atoms with van der Waals surface area (Å²) in [7, 11) is 1.31. The van der Waals surface area contributed by atoms with E-state index in [-0.39, 0.29) is 10.8 Å². The predicted octanol–water partition coefficient (Wildman–Crippen LogP) is 2.21. The molecule has 0 saturated carbocycles. The van der Waals surface area contributed by atoms with Crippen LogP contribution in [-0.4, -0.2) is 33.0 Å². The number of benzene rings is 1. The van der Waals surface area contributed by atoms with Gasteiger partial charge in [0.1, 0.15) is 12.1 Å². The van der Waals surface area contributed by atoms with Crippen LogP contribution in [0.1, 0.15) is 18.5 Å². The van der Waals surface area contributed by atoms with E-state index in [0.717, 1.165) is 0 Å². The van der Waals surface area contributed by atoms with E-state index < -0.39 is 12.0 Å². The van der Waals surface area contributed by atoms with Crippen molar-refractivity contribution in [3.05, 3.63) is 40.7 Å². The van der Waals surface area contributed by atoms with Gasteiger partial charge in [0.2, 0.25) is 5.95 Å². The van der Waals surface area contributed by atoms with Gasteiger partial charge < -0.3 is 15.2 Å². The Morgan fingerprint density at radius 3 is 3.00 bits per heavy atom. The maximum Gasteiger partial charge on any atom is 0.337 e. The molecule has 22 heavy (non-hydrogen) atoms. The van der Waals surface area contributed by atoms with Crippen LogP contribution in [0.3, 0.4) is 0 Å². The smallest absolute Gasteiger partial charge is 0.337 e. The first-order valence-corrected chi connectivity index (χ1v) is 6.85. The largest absolute Gasteiger partial charge is 0.506 e. The van der Waals surface area contributed by atoms with Crippen LogP contribution in [0.25, 0.3) is 5.70 Å². The van der Waals surface area contributed by atoms with Crippen LogP contribution in [0.5, 0.6) is 5.75 Å². The number of allylic oxidation sites excluding steroid dienone is 1. The Kier molecular flexibility index (Phi) is 3.50. The number of rotatable bonds is 2. The Labute approximate surface area is 131 Å². The topological polar surface area (TPSA) is 89.3 Å². The average Bonchev–Trinajstić information content (AvgIpc) is 2.98. The van der Waals surface area contributed by atoms with E-state index in [1.165, 1.54) is 19.5 Å². The second-order valence-corrected chi connectivity index (χ2v) is 5.15. The van der Waals surface area contributed by atoms with Gasteiger partial charge in [-0.2, -0.15) is 0 Å². The molecule has 0 saturated heterocycles. The van der Waals surface area contributed by atoms with Crippen LogP contribution in [0.15, 0.2) is 30.1 Å². The normalized spacial score (nSPS) is 17.0. The lowest BCUT2D eigenvalue weighted by atomic mass is 9.95. The molecule has 7 nitrogen and oxygen atoms in total. The molecule has 1 aliphatic rings. The van der Waals surface area contributed by atoms with Crippen molar-refractivity contribution in [2.45, 2.75) is 13.0 Å². The van der Waals surface area contributed by atoms with Gasteiger partial charge in [-0.05, 0) is 13.0 Å². The van der Waals surface area contributed by atoms with E-state index >= 15 is 0 Å². The fourth-order valence-corrected chi connectivity index (χ4v) is 2.72. The second kappa shape index (κ2) is 5.34. The number of anilines is 1. The van der Waals surface area contributed by atoms with Gasteiger partial charge in [0.05, 0.1) is 23.7 Å². The summed E-state index contributed by atoms with van der Waals surface area (Å²) in [6.45, 7) is 1.77. The molecule has 1 aromatic heterocycles. The fraction of sp³-hybridized carbons (Fsp3) is 0.214. The number of phenols is 1. The summed E-state index contributed by atoms with van der Waals surface area (Å²) in [5, 5.41) is 20.9. The predicted molar refractivity (Wildman–Crippen MR) is 80.4 cm³/mol. The molecule has 8 heteroatoms. The molecule has 2 heterocycles. The summed E-state index contributed by atoms with van der Waals surface area (Å²) in [6, 6.07) is 4.26. The number of hydrogen-bond donors (Lipinski definition) is 2. The number of nitrogens with zero attached hydrogens (tertiary/aromatic N) is 3. The zero-order valence-electron chi connectivity index (χ0n) is 11.9. The highest BCUT2D eigenvalue weighted by Crippen LogP contribution is 2.40. The van der Waals surface area contributed by atoms with Crippen LogP contribution in [0, 0.1) is 0 Å². The minimum atomic E-state index is -0.594. The van der Waals surface area contributed by atoms with E-state index in [1.807, 2.05) is 0 Å². The van der Waals surface area contributed by atoms with Crippen LogP contribution in [0.2, 0.25) is 5.02 Å². The van der Waals surface area contributed by atoms with E-state index in [4.69, 9.17) is 16.3 Å². The third kappa shape index (κ3) is 2.10. The number of aromatic nitrogens is 3. The Morgan fingerprint density at radius 1 is 1.50 bits per heavy atom. The monoisotopic (exact) mass is 320 g/mol. The zero-order chi connectivity index (χ0) is 15.9. The van der Waals surface area contributed by atoms with Crippen molar-refractivity contribution in [2.75, 3.05) is 12.4 Å². The SMILES string of the molecule is COC(=O)C1=C(C)n2cnnc2NC1c1cccc(O)c1Cl. The van der Waals surface area contributed by atoms with E-state index in [1.54, 1.807) is 23.6 Å². The molecule has 1 aromatic carbocycles. The molecule has 1 aliphatic heterocycles. The number of methoxy groups -OCH3 is 1. The molecule has 1 atom stereocenters. The number of nitrogens with one attached hydrogen (secondary N) is 1. The van der Waals surface area contributed by atoms with Gasteiger partial charge in [0.15, 0.2) is 0 Å². The van der Waals surface area contributed by atoms with Crippen LogP contribution < -0.4 is 5.32 Å². The Balaban J connectivity index is 2.20. The maximum absolute atomic E-state index is 12.2. The van der Waals surface area contributed by atoms with Gasteiger partial charge in [0, 0.05) is 11.3 Å². The first-order chi connectivity index (χ1) is 10.5. The summed E-state index contributed by atoms with van der Waals surface area (Å²) < 4.78 is 6.53. The van der Waals surface area contributed by atoms with Gasteiger partial charge in [0.25, 0.3) is 0 Å². The average molecular weight is 321 g/mol. The molecule has 0 spiro atoms. The van der Waals surface area contributed by atoms with Crippen LogP contribution in [0.4, 0.5) is 5.95 Å². The first-order valence-electron chi connectivity index (χ1n) is 6.48. The quantitative estimate of drug-likeness (QED) is 0.825. The van der Waals surface area contributed by atoms with Crippen molar-refractivity contribution in [3.8, 4) is 5.75 Å². The number of esters is 1. The molecular weight excluding hydrogens is 308 g/mol. The minimum absolute atomic E-state index is 0.0603. The molecule has 114 valence electrons. The fourth-order valence-electron chi connectivity index (χ4n) is 2.49. The number of halogens is 1. The van der Waals surface area contributed by atoms with Crippen molar-refractivity contribution >= 4 is 29.2 Å². The van der Waals surface area contributed by atoms with Crippen LogP contribution in [-0.2, 0) is 9.53 Å². The number of carbonyl (C=O) groups excluding carboxylic acids is 1. The number of aromatic hydroxyl groups is 1. The summed E-state index contributed by atoms with van der Waals surface area (Å²) in [5.74, 6) is -0.0711. The van der Waals surface area contributed by atoms with Gasteiger partial charge in [-0.3, -0.25) is 4.57 Å². The summed E-state index contributed by atoms with van der Waals surface area (Å²) in [4.78, 5) is 12.2. The number of phenolic OH excluding ortho intramolecular Hbond substituents is 1. The van der Waals surface area contributed by atoms with Gasteiger partial charge >= 0.3 is 5.97 Å². The maximum atomic E-state index is 12.2. The number of hydrogen-bond acceptors (Lipinski definition) is 6. The molecule has 0 fully saturated rings. The molecule has 3 rings (SSSR count). The van der Waals surface area contributed by atoms with Gasteiger partial charge in [-0.15, -0.1) is 10.2 Å². The molecular formula is C14H13ClN4O3. The van der Waals surface area contributed by atoms with Crippen molar-refractivity contribution in [1.82, 2.24) is 14.8 Å². The number of fused-ring (bicyclic) bond motifs is 1. The van der Waals surface area contributed by atoms with E-state index in [2.05, 4.69) is 15.5 Å². The second-order valence-electron chi connectivity index (χ2n) is 4.77. The molecule has 2 aromatic rings. The van der Waals surface area contributed by atoms with Crippen molar-refractivity contribution in [1.29, 1.82) is 0 Å². The third-order valence-corrected chi connectivity index (χ3v) is 4.00. The highest BCUT2D eigenvalue weighted by Gasteiger charge is 2.33. The lowest BCUT2D eigenvalue weighted by Gasteiger charge is -2.28. The third-order valence-electron chi connectivity index (χ3n) is 3.59. The Hall–Kier alpha value is -2.54. The van der Waals surface area contributed by atoms with Crippen molar-refractivity contribution < 1.29 is 14.6 Å². The highest BCUT2D eigenvalue weighted by molar-refractivity contribution is 6.33. The first kappa shape index (κ1) is 14.4. The zero-order valence-corrected chi connectivity index (χ0v) is 12.6. The summed E-state index contributed by atoms with van der Waals surface area (Å²) >= 11 is 6.18. The molecule has 0 radical (unpaired) electrons. The van der Waals surface area contributed by atoms with Crippen molar-refractivity contribution in [2.24, 2.45) is 0 Å². The lowest BCUT2D eigenvalue weighted by Crippen LogP contribution is -2.27. The molecule has 0 aliphatic carbocycles. The number of ether oxygens (including phenoxy) is 1. The van der Waals surface area contributed by atoms with Gasteiger partial charge in [-0.25, -0.2) is 4.79 Å². The summed E-state index contributed by atoms with van der Waals surface area (Å²) in [5.41, 5.74) is 1.56. The molecule has 2 N–H and O–H groups in total. The highest BCUT2D eigenvalue weighted by atomic mass is 35.5. The van der Waals surface area contributed by atoms with Gasteiger partial charge in [-0.1, -0.05) is 23.7 Å². The van der Waals surface area contributed by atoms with Crippen LogP contribution >= 0.6 is 11.6 Å². The lowest BCUT2D eigenvalue weighted by molar-refractivity contribution is -0.136.